The van der Waals surface area contributed by atoms with Crippen LogP contribution < -0.4 is 5.73 Å². The minimum Gasteiger partial charge on any atom is -0.459 e. The van der Waals surface area contributed by atoms with Crippen molar-refractivity contribution >= 4 is 11.7 Å². The predicted molar refractivity (Wildman–Crippen MR) is 65.4 cm³/mol. The van der Waals surface area contributed by atoms with E-state index >= 15 is 0 Å². The molecule has 0 unspecified atom stereocenters. The lowest BCUT2D eigenvalue weighted by Gasteiger charge is -2.27. The molecule has 0 bridgehead atoms. The monoisotopic (exact) mass is 251 g/mol. The first-order valence-corrected chi connectivity index (χ1v) is 6.03. The Bertz CT molecular complexity index is 422. The van der Waals surface area contributed by atoms with Gasteiger partial charge in [-0.25, -0.2) is 0 Å². The van der Waals surface area contributed by atoms with E-state index in [2.05, 4.69) is 5.16 Å². The van der Waals surface area contributed by atoms with E-state index in [1.807, 2.05) is 0 Å². The molecule has 98 valence electrons. The minimum absolute atomic E-state index is 0.0295. The smallest absolute Gasteiger partial charge is 0.290 e. The van der Waals surface area contributed by atoms with Crippen LogP contribution in [0, 0.1) is 0 Å². The largest absolute Gasteiger partial charge is 0.459 e. The van der Waals surface area contributed by atoms with Crippen LogP contribution in [0.25, 0.3) is 0 Å². The van der Waals surface area contributed by atoms with Crippen LogP contribution in [0.3, 0.4) is 0 Å². The first-order valence-electron chi connectivity index (χ1n) is 6.03. The molecule has 0 radical (unpaired) electrons. The number of oxime groups is 1. The van der Waals surface area contributed by atoms with Crippen LogP contribution in [-0.2, 0) is 0 Å². The van der Waals surface area contributed by atoms with Gasteiger partial charge in [-0.2, -0.15) is 0 Å². The molecular formula is C12H17N3O3. The summed E-state index contributed by atoms with van der Waals surface area (Å²) in [5, 5.41) is 11.6. The van der Waals surface area contributed by atoms with Crippen molar-refractivity contribution < 1.29 is 14.4 Å². The van der Waals surface area contributed by atoms with Crippen LogP contribution in [0.4, 0.5) is 0 Å². The standard InChI is InChI=1S/C12H17N3O3/c13-11(14-17)8-15(9-4-1-2-5-9)12(16)10-6-3-7-18-10/h3,6-7,9,17H,1-2,4-5,8H2,(H2,13,14). The molecule has 6 nitrogen and oxygen atoms in total. The highest BCUT2D eigenvalue weighted by Crippen LogP contribution is 2.24. The molecule has 1 aliphatic rings. The van der Waals surface area contributed by atoms with Gasteiger partial charge < -0.3 is 20.3 Å². The van der Waals surface area contributed by atoms with Gasteiger partial charge in [0.05, 0.1) is 12.8 Å². The molecule has 1 aliphatic carbocycles. The third kappa shape index (κ3) is 2.64. The molecule has 0 spiro atoms. The number of amides is 1. The molecule has 1 aromatic heterocycles. The summed E-state index contributed by atoms with van der Waals surface area (Å²) in [7, 11) is 0. The number of nitrogens with zero attached hydrogens (tertiary/aromatic N) is 2. The molecule has 0 aliphatic heterocycles. The van der Waals surface area contributed by atoms with Crippen LogP contribution in [0.5, 0.6) is 0 Å². The Balaban J connectivity index is 2.15. The first kappa shape index (κ1) is 12.5. The van der Waals surface area contributed by atoms with Crippen LogP contribution in [-0.4, -0.2) is 34.4 Å². The average Bonchev–Trinajstić information content (AvgIpc) is 3.06. The molecule has 18 heavy (non-hydrogen) atoms. The third-order valence-corrected chi connectivity index (χ3v) is 3.22. The summed E-state index contributed by atoms with van der Waals surface area (Å²) in [5.41, 5.74) is 5.51. The van der Waals surface area contributed by atoms with Crippen LogP contribution in [0.1, 0.15) is 36.2 Å². The molecule has 1 amide bonds. The zero-order valence-corrected chi connectivity index (χ0v) is 10.1. The van der Waals surface area contributed by atoms with Crippen molar-refractivity contribution in [2.75, 3.05) is 6.54 Å². The highest BCUT2D eigenvalue weighted by Gasteiger charge is 2.29. The normalized spacial score (nSPS) is 17.0. The highest BCUT2D eigenvalue weighted by atomic mass is 16.4. The van der Waals surface area contributed by atoms with Crippen LogP contribution in [0.2, 0.25) is 0 Å². The van der Waals surface area contributed by atoms with Crippen molar-refractivity contribution in [2.24, 2.45) is 10.9 Å². The van der Waals surface area contributed by atoms with Crippen LogP contribution in [0.15, 0.2) is 28.0 Å². The number of carbonyl (C=O) groups is 1. The lowest BCUT2D eigenvalue weighted by Crippen LogP contribution is -2.44. The van der Waals surface area contributed by atoms with E-state index in [-0.39, 0.29) is 30.1 Å². The molecule has 1 saturated carbocycles. The van der Waals surface area contributed by atoms with Crippen molar-refractivity contribution in [3.8, 4) is 0 Å². The zero-order valence-electron chi connectivity index (χ0n) is 10.1. The molecule has 3 N–H and O–H groups in total. The fourth-order valence-corrected chi connectivity index (χ4v) is 2.33. The number of amidine groups is 1. The van der Waals surface area contributed by atoms with E-state index in [9.17, 15) is 4.79 Å². The number of rotatable bonds is 4. The van der Waals surface area contributed by atoms with Gasteiger partial charge in [0.1, 0.15) is 0 Å². The second-order valence-electron chi connectivity index (χ2n) is 4.44. The van der Waals surface area contributed by atoms with E-state index in [4.69, 9.17) is 15.4 Å². The van der Waals surface area contributed by atoms with Gasteiger partial charge in [0.15, 0.2) is 11.6 Å². The summed E-state index contributed by atoms with van der Waals surface area (Å²) in [4.78, 5) is 13.9. The Morgan fingerprint density at radius 3 is 2.83 bits per heavy atom. The highest BCUT2D eigenvalue weighted by molar-refractivity contribution is 5.95. The molecular weight excluding hydrogens is 234 g/mol. The number of carbonyl (C=O) groups excluding carboxylic acids is 1. The third-order valence-electron chi connectivity index (χ3n) is 3.22. The molecule has 0 saturated heterocycles. The van der Waals surface area contributed by atoms with Crippen molar-refractivity contribution in [1.29, 1.82) is 0 Å². The van der Waals surface area contributed by atoms with E-state index in [0.717, 1.165) is 25.7 Å². The number of nitrogens with two attached hydrogens (primary N) is 1. The van der Waals surface area contributed by atoms with Crippen molar-refractivity contribution in [3.05, 3.63) is 24.2 Å². The van der Waals surface area contributed by atoms with Gasteiger partial charge in [-0.15, -0.1) is 0 Å². The lowest BCUT2D eigenvalue weighted by molar-refractivity contribution is 0.0680. The Hall–Kier alpha value is -1.98. The molecule has 1 aromatic rings. The topological polar surface area (TPSA) is 92.1 Å². The number of hydrogen-bond donors (Lipinski definition) is 2. The lowest BCUT2D eigenvalue weighted by atomic mass is 10.2. The Morgan fingerprint density at radius 1 is 1.56 bits per heavy atom. The quantitative estimate of drug-likeness (QED) is 0.366. The van der Waals surface area contributed by atoms with E-state index in [1.165, 1.54) is 6.26 Å². The maximum atomic E-state index is 12.3. The molecule has 6 heteroatoms. The summed E-state index contributed by atoms with van der Waals surface area (Å²) in [6, 6.07) is 3.43. The minimum atomic E-state index is -0.210. The van der Waals surface area contributed by atoms with Gasteiger partial charge in [-0.1, -0.05) is 18.0 Å². The van der Waals surface area contributed by atoms with Crippen molar-refractivity contribution in [1.82, 2.24) is 4.90 Å². The fourth-order valence-electron chi connectivity index (χ4n) is 2.33. The predicted octanol–water partition coefficient (Wildman–Crippen LogP) is 1.41. The fraction of sp³-hybridized carbons (Fsp3) is 0.500. The van der Waals surface area contributed by atoms with Gasteiger partial charge >= 0.3 is 0 Å². The van der Waals surface area contributed by atoms with Crippen molar-refractivity contribution in [2.45, 2.75) is 31.7 Å². The molecule has 0 atom stereocenters. The summed E-state index contributed by atoms with van der Waals surface area (Å²) < 4.78 is 5.12. The van der Waals surface area contributed by atoms with E-state index in [0.29, 0.717) is 0 Å². The van der Waals surface area contributed by atoms with Gasteiger partial charge in [-0.3, -0.25) is 4.79 Å². The van der Waals surface area contributed by atoms with Gasteiger partial charge in [-0.05, 0) is 25.0 Å². The molecule has 0 aromatic carbocycles. The maximum absolute atomic E-state index is 12.3. The molecule has 2 rings (SSSR count). The first-order chi connectivity index (χ1) is 8.72. The summed E-state index contributed by atoms with van der Waals surface area (Å²) in [5.74, 6) is 0.105. The molecule has 1 fully saturated rings. The van der Waals surface area contributed by atoms with Crippen molar-refractivity contribution in [3.63, 3.8) is 0 Å². The Morgan fingerprint density at radius 2 is 2.28 bits per heavy atom. The zero-order chi connectivity index (χ0) is 13.0. The second-order valence-corrected chi connectivity index (χ2v) is 4.44. The van der Waals surface area contributed by atoms with Crippen LogP contribution >= 0.6 is 0 Å². The van der Waals surface area contributed by atoms with E-state index < -0.39 is 0 Å². The summed E-state index contributed by atoms with van der Waals surface area (Å²) in [6.45, 7) is 0.126. The Labute approximate surface area is 105 Å². The van der Waals surface area contributed by atoms with Gasteiger partial charge in [0.2, 0.25) is 0 Å². The number of hydrogen-bond acceptors (Lipinski definition) is 4. The van der Waals surface area contributed by atoms with E-state index in [1.54, 1.807) is 17.0 Å². The Kier molecular flexibility index (Phi) is 3.86. The SMILES string of the molecule is NC(CN(C(=O)c1ccco1)C1CCCC1)=NO. The van der Waals surface area contributed by atoms with Gasteiger partial charge in [0, 0.05) is 6.04 Å². The molecule has 1 heterocycles. The summed E-state index contributed by atoms with van der Waals surface area (Å²) >= 11 is 0. The maximum Gasteiger partial charge on any atom is 0.290 e. The number of furan rings is 1. The summed E-state index contributed by atoms with van der Waals surface area (Å²) in [6.07, 6.45) is 5.56. The second kappa shape index (κ2) is 5.57. The average molecular weight is 251 g/mol. The van der Waals surface area contributed by atoms with Gasteiger partial charge in [0.25, 0.3) is 5.91 Å².